The summed E-state index contributed by atoms with van der Waals surface area (Å²) >= 11 is 0. The molecule has 1 aliphatic rings. The van der Waals surface area contributed by atoms with E-state index in [2.05, 4.69) is 17.1 Å². The molecule has 1 aromatic heterocycles. The van der Waals surface area contributed by atoms with Gasteiger partial charge in [0.05, 0.1) is 0 Å². The molecule has 1 amide bonds. The first-order valence-electron chi connectivity index (χ1n) is 9.86. The zero-order valence-corrected chi connectivity index (χ0v) is 16.3. The van der Waals surface area contributed by atoms with Crippen molar-refractivity contribution in [1.82, 2.24) is 14.9 Å². The average Bonchev–Trinajstić information content (AvgIpc) is 2.72. The smallest absolute Gasteiger partial charge is 0.219 e. The van der Waals surface area contributed by atoms with Gasteiger partial charge in [-0.1, -0.05) is 50.1 Å². The van der Waals surface area contributed by atoms with Crippen LogP contribution in [0, 0.1) is 0 Å². The third-order valence-corrected chi connectivity index (χ3v) is 4.88. The van der Waals surface area contributed by atoms with Gasteiger partial charge in [-0.05, 0) is 6.42 Å². The molecular weight excluding hydrogens is 338 g/mol. The van der Waals surface area contributed by atoms with Gasteiger partial charge in [-0.25, -0.2) is 9.97 Å². The Morgan fingerprint density at radius 3 is 2.48 bits per heavy atom. The number of hydrogen-bond acceptors (Lipinski definition) is 5. The van der Waals surface area contributed by atoms with Gasteiger partial charge < -0.3 is 15.1 Å². The van der Waals surface area contributed by atoms with E-state index in [0.29, 0.717) is 0 Å². The number of unbranched alkanes of at least 4 members (excludes halogenated alkanes) is 2. The summed E-state index contributed by atoms with van der Waals surface area (Å²) in [6.07, 6.45) is 3.55. The van der Waals surface area contributed by atoms with Crippen LogP contribution in [0.15, 0.2) is 36.4 Å². The lowest BCUT2D eigenvalue weighted by Gasteiger charge is -2.35. The molecular formula is C21H29N5O. The predicted molar refractivity (Wildman–Crippen MR) is 110 cm³/mol. The Bertz CT molecular complexity index is 741. The van der Waals surface area contributed by atoms with Crippen LogP contribution in [-0.2, 0) is 4.79 Å². The molecule has 0 aliphatic carbocycles. The maximum atomic E-state index is 11.6. The SMILES string of the molecule is CCCCCNc1cc(N2CCN(C(C)=O)CC2)nc(-c2ccccc2)n1. The van der Waals surface area contributed by atoms with E-state index in [0.717, 1.165) is 62.2 Å². The van der Waals surface area contributed by atoms with E-state index in [-0.39, 0.29) is 5.91 Å². The number of carbonyl (C=O) groups excluding carboxylic acids is 1. The Kier molecular flexibility index (Phi) is 6.63. The first kappa shape index (κ1) is 19.1. The van der Waals surface area contributed by atoms with Crippen LogP contribution in [-0.4, -0.2) is 53.5 Å². The normalized spacial score (nSPS) is 14.3. The number of piperazine rings is 1. The summed E-state index contributed by atoms with van der Waals surface area (Å²) in [6.45, 7) is 7.80. The van der Waals surface area contributed by atoms with Gasteiger partial charge in [0.1, 0.15) is 11.6 Å². The van der Waals surface area contributed by atoms with Crippen molar-refractivity contribution < 1.29 is 4.79 Å². The van der Waals surface area contributed by atoms with E-state index < -0.39 is 0 Å². The van der Waals surface area contributed by atoms with Gasteiger partial charge >= 0.3 is 0 Å². The minimum absolute atomic E-state index is 0.139. The van der Waals surface area contributed by atoms with Gasteiger partial charge in [0.15, 0.2) is 5.82 Å². The zero-order valence-electron chi connectivity index (χ0n) is 16.3. The Labute approximate surface area is 161 Å². The second kappa shape index (κ2) is 9.35. The van der Waals surface area contributed by atoms with Gasteiger partial charge in [0.2, 0.25) is 5.91 Å². The Morgan fingerprint density at radius 2 is 1.81 bits per heavy atom. The third kappa shape index (κ3) is 5.18. The minimum atomic E-state index is 0.139. The molecule has 1 aliphatic heterocycles. The number of amides is 1. The molecule has 27 heavy (non-hydrogen) atoms. The minimum Gasteiger partial charge on any atom is -0.370 e. The van der Waals surface area contributed by atoms with Crippen molar-refractivity contribution in [2.75, 3.05) is 42.9 Å². The summed E-state index contributed by atoms with van der Waals surface area (Å²) in [5.74, 6) is 2.66. The highest BCUT2D eigenvalue weighted by Crippen LogP contribution is 2.23. The van der Waals surface area contributed by atoms with Crippen molar-refractivity contribution in [2.24, 2.45) is 0 Å². The Balaban J connectivity index is 1.80. The topological polar surface area (TPSA) is 61.4 Å². The van der Waals surface area contributed by atoms with Crippen molar-refractivity contribution in [3.63, 3.8) is 0 Å². The molecule has 6 nitrogen and oxygen atoms in total. The Morgan fingerprint density at radius 1 is 1.07 bits per heavy atom. The summed E-state index contributed by atoms with van der Waals surface area (Å²) in [5.41, 5.74) is 1.01. The summed E-state index contributed by atoms with van der Waals surface area (Å²) in [6, 6.07) is 12.1. The van der Waals surface area contributed by atoms with Crippen molar-refractivity contribution >= 4 is 17.5 Å². The maximum absolute atomic E-state index is 11.6. The molecule has 144 valence electrons. The van der Waals surface area contributed by atoms with E-state index in [1.165, 1.54) is 12.8 Å². The van der Waals surface area contributed by atoms with Gasteiger partial charge in [-0.3, -0.25) is 4.79 Å². The lowest BCUT2D eigenvalue weighted by molar-refractivity contribution is -0.129. The molecule has 3 rings (SSSR count). The molecule has 1 fully saturated rings. The van der Waals surface area contributed by atoms with Gasteiger partial charge in [0.25, 0.3) is 0 Å². The van der Waals surface area contributed by atoms with Crippen LogP contribution in [0.2, 0.25) is 0 Å². The fraction of sp³-hybridized carbons (Fsp3) is 0.476. The highest BCUT2D eigenvalue weighted by molar-refractivity contribution is 5.73. The number of rotatable bonds is 7. The quantitative estimate of drug-likeness (QED) is 0.760. The van der Waals surface area contributed by atoms with E-state index in [1.807, 2.05) is 41.3 Å². The molecule has 0 bridgehead atoms. The molecule has 0 spiro atoms. The predicted octanol–water partition coefficient (Wildman–Crippen LogP) is 3.41. The zero-order chi connectivity index (χ0) is 19.1. The largest absolute Gasteiger partial charge is 0.370 e. The number of benzene rings is 1. The van der Waals surface area contributed by atoms with Crippen molar-refractivity contribution in [3.8, 4) is 11.4 Å². The molecule has 0 radical (unpaired) electrons. The molecule has 0 unspecified atom stereocenters. The monoisotopic (exact) mass is 367 g/mol. The van der Waals surface area contributed by atoms with E-state index in [1.54, 1.807) is 6.92 Å². The highest BCUT2D eigenvalue weighted by Gasteiger charge is 2.21. The van der Waals surface area contributed by atoms with Crippen molar-refractivity contribution in [1.29, 1.82) is 0 Å². The van der Waals surface area contributed by atoms with Crippen molar-refractivity contribution in [3.05, 3.63) is 36.4 Å². The lowest BCUT2D eigenvalue weighted by Crippen LogP contribution is -2.48. The first-order valence-corrected chi connectivity index (χ1v) is 9.86. The van der Waals surface area contributed by atoms with Gasteiger partial charge in [-0.2, -0.15) is 0 Å². The fourth-order valence-corrected chi connectivity index (χ4v) is 3.25. The van der Waals surface area contributed by atoms with Crippen LogP contribution in [0.25, 0.3) is 11.4 Å². The van der Waals surface area contributed by atoms with Gasteiger partial charge in [0, 0.05) is 51.3 Å². The van der Waals surface area contributed by atoms with E-state index in [9.17, 15) is 4.79 Å². The summed E-state index contributed by atoms with van der Waals surface area (Å²) in [4.78, 5) is 25.2. The van der Waals surface area contributed by atoms with Crippen LogP contribution >= 0.6 is 0 Å². The number of nitrogens with zero attached hydrogens (tertiary/aromatic N) is 4. The molecule has 0 saturated carbocycles. The Hall–Kier alpha value is -2.63. The second-order valence-electron chi connectivity index (χ2n) is 6.93. The highest BCUT2D eigenvalue weighted by atomic mass is 16.2. The van der Waals surface area contributed by atoms with Crippen LogP contribution < -0.4 is 10.2 Å². The maximum Gasteiger partial charge on any atom is 0.219 e. The van der Waals surface area contributed by atoms with Crippen LogP contribution in [0.4, 0.5) is 11.6 Å². The van der Waals surface area contributed by atoms with Crippen LogP contribution in [0.3, 0.4) is 0 Å². The molecule has 2 aromatic rings. The van der Waals surface area contributed by atoms with Gasteiger partial charge in [-0.15, -0.1) is 0 Å². The van der Waals surface area contributed by atoms with Crippen LogP contribution in [0.5, 0.6) is 0 Å². The standard InChI is InChI=1S/C21H29N5O/c1-3-4-8-11-22-19-16-20(26-14-12-25(13-15-26)17(2)27)24-21(23-19)18-9-6-5-7-10-18/h5-7,9-10,16H,3-4,8,11-15H2,1-2H3,(H,22,23,24). The number of carbonyl (C=O) groups is 1. The first-order chi connectivity index (χ1) is 13.2. The number of nitrogens with one attached hydrogen (secondary N) is 1. The number of anilines is 2. The molecule has 1 N–H and O–H groups in total. The molecule has 1 aromatic carbocycles. The molecule has 1 saturated heterocycles. The second-order valence-corrected chi connectivity index (χ2v) is 6.93. The molecule has 2 heterocycles. The summed E-state index contributed by atoms with van der Waals surface area (Å²) in [5, 5.41) is 3.45. The average molecular weight is 367 g/mol. The van der Waals surface area contributed by atoms with Crippen LogP contribution in [0.1, 0.15) is 33.1 Å². The number of aromatic nitrogens is 2. The molecule has 6 heteroatoms. The van der Waals surface area contributed by atoms with E-state index >= 15 is 0 Å². The van der Waals surface area contributed by atoms with Crippen molar-refractivity contribution in [2.45, 2.75) is 33.1 Å². The summed E-state index contributed by atoms with van der Waals surface area (Å²) < 4.78 is 0. The molecule has 0 atom stereocenters. The number of hydrogen-bond donors (Lipinski definition) is 1. The lowest BCUT2D eigenvalue weighted by atomic mass is 10.2. The van der Waals surface area contributed by atoms with E-state index in [4.69, 9.17) is 9.97 Å². The summed E-state index contributed by atoms with van der Waals surface area (Å²) in [7, 11) is 0. The fourth-order valence-electron chi connectivity index (χ4n) is 3.25. The third-order valence-electron chi connectivity index (χ3n) is 4.88.